The summed E-state index contributed by atoms with van der Waals surface area (Å²) in [6.45, 7) is 9.59. The van der Waals surface area contributed by atoms with Crippen LogP contribution in [-0.4, -0.2) is 23.9 Å². The summed E-state index contributed by atoms with van der Waals surface area (Å²) >= 11 is 0. The van der Waals surface area contributed by atoms with Gasteiger partial charge in [0, 0.05) is 12.1 Å². The van der Waals surface area contributed by atoms with E-state index in [1.54, 1.807) is 0 Å². The van der Waals surface area contributed by atoms with E-state index >= 15 is 0 Å². The van der Waals surface area contributed by atoms with Crippen molar-refractivity contribution >= 4 is 5.91 Å². The standard InChI is InChI=1S/C23H30N2O/c1-17-7-8-18(2)22(15-17)19(3)24-23(26)21-11-9-20(10-12-21)16-25-13-5-4-6-14-25/h7-12,15,19H,4-6,13-14,16H2,1-3H3,(H,24,26)/t19-/m1/s1. The van der Waals surface area contributed by atoms with Crippen LogP contribution in [0.15, 0.2) is 42.5 Å². The second-order valence-electron chi connectivity index (χ2n) is 7.59. The van der Waals surface area contributed by atoms with Crippen molar-refractivity contribution in [1.82, 2.24) is 10.2 Å². The van der Waals surface area contributed by atoms with E-state index in [2.05, 4.69) is 54.4 Å². The van der Waals surface area contributed by atoms with Crippen molar-refractivity contribution in [2.45, 2.75) is 52.6 Å². The molecule has 3 rings (SSSR count). The fourth-order valence-corrected chi connectivity index (χ4v) is 3.72. The van der Waals surface area contributed by atoms with Crippen LogP contribution in [0.5, 0.6) is 0 Å². The minimum Gasteiger partial charge on any atom is -0.346 e. The van der Waals surface area contributed by atoms with E-state index in [-0.39, 0.29) is 11.9 Å². The molecule has 0 bridgehead atoms. The van der Waals surface area contributed by atoms with Crippen molar-refractivity contribution in [1.29, 1.82) is 0 Å². The minimum absolute atomic E-state index is 0.00423. The van der Waals surface area contributed by atoms with Gasteiger partial charge >= 0.3 is 0 Å². The molecule has 0 unspecified atom stereocenters. The lowest BCUT2D eigenvalue weighted by Crippen LogP contribution is -2.29. The number of carbonyl (C=O) groups is 1. The van der Waals surface area contributed by atoms with Crippen molar-refractivity contribution in [3.8, 4) is 0 Å². The number of hydrogen-bond donors (Lipinski definition) is 1. The maximum Gasteiger partial charge on any atom is 0.251 e. The van der Waals surface area contributed by atoms with Crippen LogP contribution in [0, 0.1) is 13.8 Å². The summed E-state index contributed by atoms with van der Waals surface area (Å²) in [5, 5.41) is 3.13. The summed E-state index contributed by atoms with van der Waals surface area (Å²) in [6.07, 6.45) is 3.96. The number of hydrogen-bond acceptors (Lipinski definition) is 2. The maximum absolute atomic E-state index is 12.6. The first-order valence-electron chi connectivity index (χ1n) is 9.72. The van der Waals surface area contributed by atoms with Crippen LogP contribution in [0.3, 0.4) is 0 Å². The fraction of sp³-hybridized carbons (Fsp3) is 0.435. The van der Waals surface area contributed by atoms with Crippen molar-refractivity contribution in [2.75, 3.05) is 13.1 Å². The molecule has 0 saturated carbocycles. The lowest BCUT2D eigenvalue weighted by molar-refractivity contribution is 0.0940. The van der Waals surface area contributed by atoms with E-state index in [0.717, 1.165) is 12.1 Å². The van der Waals surface area contributed by atoms with E-state index in [1.807, 2.05) is 19.1 Å². The zero-order valence-corrected chi connectivity index (χ0v) is 16.2. The molecular weight excluding hydrogens is 320 g/mol. The molecule has 1 N–H and O–H groups in total. The molecule has 26 heavy (non-hydrogen) atoms. The van der Waals surface area contributed by atoms with Gasteiger partial charge in [-0.1, -0.05) is 42.3 Å². The zero-order chi connectivity index (χ0) is 18.5. The third-order valence-corrected chi connectivity index (χ3v) is 5.32. The summed E-state index contributed by atoms with van der Waals surface area (Å²) in [4.78, 5) is 15.1. The van der Waals surface area contributed by atoms with Gasteiger partial charge in [-0.2, -0.15) is 0 Å². The zero-order valence-electron chi connectivity index (χ0n) is 16.2. The highest BCUT2D eigenvalue weighted by molar-refractivity contribution is 5.94. The third-order valence-electron chi connectivity index (χ3n) is 5.32. The van der Waals surface area contributed by atoms with E-state index < -0.39 is 0 Å². The summed E-state index contributed by atoms with van der Waals surface area (Å²) in [7, 11) is 0. The molecule has 3 heteroatoms. The lowest BCUT2D eigenvalue weighted by Gasteiger charge is -2.26. The summed E-state index contributed by atoms with van der Waals surface area (Å²) < 4.78 is 0. The normalized spacial score (nSPS) is 16.3. The van der Waals surface area contributed by atoms with Crippen molar-refractivity contribution in [3.05, 3.63) is 70.3 Å². The highest BCUT2D eigenvalue weighted by Crippen LogP contribution is 2.20. The smallest absolute Gasteiger partial charge is 0.251 e. The van der Waals surface area contributed by atoms with Crippen LogP contribution in [0.2, 0.25) is 0 Å². The maximum atomic E-state index is 12.6. The number of benzene rings is 2. The predicted octanol–water partition coefficient (Wildman–Crippen LogP) is 4.78. The van der Waals surface area contributed by atoms with Crippen LogP contribution in [0.4, 0.5) is 0 Å². The predicted molar refractivity (Wildman–Crippen MR) is 107 cm³/mol. The molecule has 1 heterocycles. The fourth-order valence-electron chi connectivity index (χ4n) is 3.72. The largest absolute Gasteiger partial charge is 0.346 e. The number of rotatable bonds is 5. The third kappa shape index (κ3) is 4.73. The van der Waals surface area contributed by atoms with Gasteiger partial charge in [0.25, 0.3) is 5.91 Å². The number of likely N-dealkylation sites (tertiary alicyclic amines) is 1. The van der Waals surface area contributed by atoms with Crippen molar-refractivity contribution < 1.29 is 4.79 Å². The van der Waals surface area contributed by atoms with Gasteiger partial charge in [-0.15, -0.1) is 0 Å². The number of nitrogens with zero attached hydrogens (tertiary/aromatic N) is 1. The Hall–Kier alpha value is -2.13. The van der Waals surface area contributed by atoms with Gasteiger partial charge in [0.1, 0.15) is 0 Å². The summed E-state index contributed by atoms with van der Waals surface area (Å²) in [6, 6.07) is 14.4. The average molecular weight is 351 g/mol. The summed E-state index contributed by atoms with van der Waals surface area (Å²) in [5.74, 6) is -0.0112. The molecular formula is C23H30N2O. The molecule has 0 aromatic heterocycles. The molecule has 0 spiro atoms. The van der Waals surface area contributed by atoms with Crippen molar-refractivity contribution in [2.24, 2.45) is 0 Å². The van der Waals surface area contributed by atoms with Crippen LogP contribution in [0.25, 0.3) is 0 Å². The molecule has 0 aliphatic carbocycles. The molecule has 1 atom stereocenters. The molecule has 1 saturated heterocycles. The Labute approximate surface area is 157 Å². The van der Waals surface area contributed by atoms with Gasteiger partial charge in [0.15, 0.2) is 0 Å². The molecule has 1 aliphatic rings. The Balaban J connectivity index is 1.61. The van der Waals surface area contributed by atoms with E-state index in [1.165, 1.54) is 54.6 Å². The van der Waals surface area contributed by atoms with Gasteiger partial charge in [-0.3, -0.25) is 9.69 Å². The van der Waals surface area contributed by atoms with Gasteiger partial charge in [-0.05, 0) is 75.5 Å². The van der Waals surface area contributed by atoms with Gasteiger partial charge in [0.2, 0.25) is 0 Å². The van der Waals surface area contributed by atoms with Gasteiger partial charge < -0.3 is 5.32 Å². The number of amides is 1. The SMILES string of the molecule is Cc1ccc(C)c([C@@H](C)NC(=O)c2ccc(CN3CCCCC3)cc2)c1. The van der Waals surface area contributed by atoms with Crippen LogP contribution >= 0.6 is 0 Å². The van der Waals surface area contributed by atoms with Crippen LogP contribution in [0.1, 0.15) is 64.8 Å². The quantitative estimate of drug-likeness (QED) is 0.841. The first-order chi connectivity index (χ1) is 12.5. The monoisotopic (exact) mass is 350 g/mol. The topological polar surface area (TPSA) is 32.3 Å². The number of piperidine rings is 1. The molecule has 3 nitrogen and oxygen atoms in total. The molecule has 1 amide bonds. The Bertz CT molecular complexity index is 745. The first-order valence-corrected chi connectivity index (χ1v) is 9.72. The second-order valence-corrected chi connectivity index (χ2v) is 7.59. The van der Waals surface area contributed by atoms with Gasteiger partial charge in [0.05, 0.1) is 6.04 Å². The van der Waals surface area contributed by atoms with E-state index in [4.69, 9.17) is 0 Å². The Morgan fingerprint density at radius 3 is 2.42 bits per heavy atom. The van der Waals surface area contributed by atoms with Crippen LogP contribution in [-0.2, 0) is 6.54 Å². The number of nitrogens with one attached hydrogen (secondary N) is 1. The molecule has 2 aromatic carbocycles. The molecule has 2 aromatic rings. The Kier molecular flexibility index (Phi) is 6.10. The lowest BCUT2D eigenvalue weighted by atomic mass is 9.99. The Morgan fingerprint density at radius 1 is 1.04 bits per heavy atom. The molecule has 1 aliphatic heterocycles. The number of carbonyl (C=O) groups excluding carboxylic acids is 1. The minimum atomic E-state index is -0.0112. The second kappa shape index (κ2) is 8.50. The van der Waals surface area contributed by atoms with E-state index in [0.29, 0.717) is 0 Å². The first kappa shape index (κ1) is 18.7. The number of aryl methyl sites for hydroxylation is 2. The highest BCUT2D eigenvalue weighted by Gasteiger charge is 2.14. The van der Waals surface area contributed by atoms with Crippen molar-refractivity contribution in [3.63, 3.8) is 0 Å². The van der Waals surface area contributed by atoms with Gasteiger partial charge in [-0.25, -0.2) is 0 Å². The Morgan fingerprint density at radius 2 is 1.73 bits per heavy atom. The average Bonchev–Trinajstić information content (AvgIpc) is 2.65. The molecule has 1 fully saturated rings. The molecule has 0 radical (unpaired) electrons. The molecule has 138 valence electrons. The highest BCUT2D eigenvalue weighted by atomic mass is 16.1. The van der Waals surface area contributed by atoms with Crippen LogP contribution < -0.4 is 5.32 Å². The van der Waals surface area contributed by atoms with E-state index in [9.17, 15) is 4.79 Å². The summed E-state index contributed by atoms with van der Waals surface area (Å²) in [5.41, 5.74) is 5.62.